The Balaban J connectivity index is 1.61. The smallest absolute Gasteiger partial charge is 0.347 e. The number of amides is 1. The van der Waals surface area contributed by atoms with Crippen LogP contribution in [0.25, 0.3) is 0 Å². The fraction of sp³-hybridized carbons (Fsp3) is 0.190. The highest BCUT2D eigenvalue weighted by atomic mass is 16.5. The van der Waals surface area contributed by atoms with Crippen molar-refractivity contribution in [1.29, 1.82) is 0 Å². The fourth-order valence-corrected chi connectivity index (χ4v) is 2.68. The molecule has 2 N–H and O–H groups in total. The van der Waals surface area contributed by atoms with E-state index in [1.54, 1.807) is 42.5 Å². The van der Waals surface area contributed by atoms with E-state index >= 15 is 0 Å². The Morgan fingerprint density at radius 1 is 1.00 bits per heavy atom. The van der Waals surface area contributed by atoms with Gasteiger partial charge in [0.05, 0.1) is 14.2 Å². The lowest BCUT2D eigenvalue weighted by molar-refractivity contribution is -0.144. The van der Waals surface area contributed by atoms with Gasteiger partial charge in [-0.2, -0.15) is 0 Å². The van der Waals surface area contributed by atoms with Gasteiger partial charge >= 0.3 is 5.97 Å². The molecule has 1 aliphatic rings. The van der Waals surface area contributed by atoms with Gasteiger partial charge < -0.3 is 29.6 Å². The van der Waals surface area contributed by atoms with E-state index in [0.717, 1.165) is 0 Å². The van der Waals surface area contributed by atoms with E-state index in [9.17, 15) is 14.4 Å². The van der Waals surface area contributed by atoms with E-state index in [-0.39, 0.29) is 18.1 Å². The van der Waals surface area contributed by atoms with Crippen molar-refractivity contribution in [1.82, 2.24) is 0 Å². The van der Waals surface area contributed by atoms with Gasteiger partial charge in [0.15, 0.2) is 30.3 Å². The summed E-state index contributed by atoms with van der Waals surface area (Å²) in [5.74, 6) is -1.12. The van der Waals surface area contributed by atoms with E-state index in [4.69, 9.17) is 18.9 Å². The van der Waals surface area contributed by atoms with E-state index in [2.05, 4.69) is 10.6 Å². The third-order valence-corrected chi connectivity index (χ3v) is 4.09. The Hall–Kier alpha value is -4.01. The van der Waals surface area contributed by atoms with Gasteiger partial charge in [-0.1, -0.05) is 18.2 Å². The molecule has 30 heavy (non-hydrogen) atoms. The molecule has 0 saturated heterocycles. The zero-order valence-corrected chi connectivity index (χ0v) is 16.4. The summed E-state index contributed by atoms with van der Waals surface area (Å²) >= 11 is 0. The normalized spacial score (nSPS) is 12.8. The van der Waals surface area contributed by atoms with Crippen LogP contribution >= 0.6 is 0 Å². The van der Waals surface area contributed by atoms with E-state index < -0.39 is 24.3 Å². The molecular formula is C21H20N2O7. The van der Waals surface area contributed by atoms with Gasteiger partial charge in [0.2, 0.25) is 11.7 Å². The van der Waals surface area contributed by atoms with Crippen LogP contribution in [0.4, 0.5) is 11.4 Å². The van der Waals surface area contributed by atoms with Gasteiger partial charge in [0, 0.05) is 17.4 Å². The number of nitrogens with one attached hydrogen (secondary N) is 2. The topological polar surface area (TPSA) is 112 Å². The summed E-state index contributed by atoms with van der Waals surface area (Å²) in [6, 6.07) is 13.7. The van der Waals surface area contributed by atoms with Crippen molar-refractivity contribution >= 4 is 29.0 Å². The van der Waals surface area contributed by atoms with E-state index in [1.807, 2.05) is 6.07 Å². The number of carbonyl (C=O) groups excluding carboxylic acids is 3. The minimum Gasteiger partial charge on any atom is -0.493 e. The average Bonchev–Trinajstić information content (AvgIpc) is 3.12. The van der Waals surface area contributed by atoms with Gasteiger partial charge in [-0.15, -0.1) is 0 Å². The molecule has 0 radical (unpaired) electrons. The number of Topliss-reactive ketones (excluding diaryl/α,β-unsaturated/α-hetero) is 1. The molecule has 156 valence electrons. The first-order chi connectivity index (χ1) is 14.5. The highest BCUT2D eigenvalue weighted by Crippen LogP contribution is 2.29. The number of hydrogen-bond acceptors (Lipinski definition) is 8. The summed E-state index contributed by atoms with van der Waals surface area (Å²) in [6.45, 7) is -0.861. The second-order valence-corrected chi connectivity index (χ2v) is 6.10. The molecule has 0 aliphatic carbocycles. The standard InChI is InChI=1S/C21H20N2O7/c1-27-16-9-8-14(10-17(16)28-2)22-18(25)12-30-21(26)19-15(24)11-29-20(19)23-13-6-4-3-5-7-13/h3-10,23H,11-12H2,1-2H3,(H,22,25). The number of para-hydroxylation sites is 1. The molecule has 0 spiro atoms. The third kappa shape index (κ3) is 4.88. The summed E-state index contributed by atoms with van der Waals surface area (Å²) in [4.78, 5) is 36.5. The molecule has 3 rings (SSSR count). The Kier molecular flexibility index (Phi) is 6.53. The van der Waals surface area contributed by atoms with Crippen LogP contribution in [-0.4, -0.2) is 45.1 Å². The number of ether oxygens (including phenoxy) is 4. The largest absolute Gasteiger partial charge is 0.493 e. The number of benzene rings is 2. The van der Waals surface area contributed by atoms with Gasteiger partial charge in [0.25, 0.3) is 5.91 Å². The van der Waals surface area contributed by atoms with Crippen LogP contribution in [0.15, 0.2) is 60.0 Å². The lowest BCUT2D eigenvalue weighted by Crippen LogP contribution is -2.24. The first kappa shape index (κ1) is 20.7. The number of esters is 1. The molecule has 9 heteroatoms. The van der Waals surface area contributed by atoms with Gasteiger partial charge in [-0.3, -0.25) is 9.59 Å². The number of carbonyl (C=O) groups is 3. The van der Waals surface area contributed by atoms with Gasteiger partial charge in [-0.25, -0.2) is 4.79 Å². The molecule has 1 aliphatic heterocycles. The number of rotatable bonds is 8. The number of hydrogen-bond donors (Lipinski definition) is 2. The van der Waals surface area contributed by atoms with Crippen molar-refractivity contribution in [2.45, 2.75) is 0 Å². The lowest BCUT2D eigenvalue weighted by atomic mass is 10.2. The highest BCUT2D eigenvalue weighted by molar-refractivity contribution is 6.20. The Morgan fingerprint density at radius 3 is 2.43 bits per heavy atom. The van der Waals surface area contributed by atoms with Crippen LogP contribution in [0.2, 0.25) is 0 Å². The van der Waals surface area contributed by atoms with Gasteiger partial charge in [-0.05, 0) is 24.3 Å². The van der Waals surface area contributed by atoms with Crippen LogP contribution in [0, 0.1) is 0 Å². The Labute approximate surface area is 172 Å². The SMILES string of the molecule is COc1ccc(NC(=O)COC(=O)C2=C(Nc3ccccc3)OCC2=O)cc1OC. The van der Waals surface area contributed by atoms with Crippen LogP contribution in [0.5, 0.6) is 11.5 Å². The maximum Gasteiger partial charge on any atom is 0.347 e. The highest BCUT2D eigenvalue weighted by Gasteiger charge is 2.32. The Bertz CT molecular complexity index is 986. The number of ketones is 1. The molecule has 0 bridgehead atoms. The second-order valence-electron chi connectivity index (χ2n) is 6.10. The van der Waals surface area contributed by atoms with Crippen molar-refractivity contribution in [3.05, 3.63) is 60.0 Å². The molecule has 0 aromatic heterocycles. The van der Waals surface area contributed by atoms with E-state index in [0.29, 0.717) is 22.9 Å². The predicted octanol–water partition coefficient (Wildman–Crippen LogP) is 2.11. The first-order valence-electron chi connectivity index (χ1n) is 8.93. The fourth-order valence-electron chi connectivity index (χ4n) is 2.68. The molecule has 2 aromatic carbocycles. The molecule has 2 aromatic rings. The molecule has 9 nitrogen and oxygen atoms in total. The number of anilines is 2. The zero-order chi connectivity index (χ0) is 21.5. The molecule has 1 heterocycles. The summed E-state index contributed by atoms with van der Waals surface area (Å²) in [7, 11) is 2.97. The number of methoxy groups -OCH3 is 2. The molecule has 0 atom stereocenters. The first-order valence-corrected chi connectivity index (χ1v) is 8.93. The predicted molar refractivity (Wildman–Crippen MR) is 107 cm³/mol. The van der Waals surface area contributed by atoms with Crippen molar-refractivity contribution < 1.29 is 33.3 Å². The summed E-state index contributed by atoms with van der Waals surface area (Å²) in [5.41, 5.74) is 0.802. The third-order valence-electron chi connectivity index (χ3n) is 4.09. The summed E-state index contributed by atoms with van der Waals surface area (Å²) in [5, 5.41) is 5.44. The molecule has 0 saturated carbocycles. The van der Waals surface area contributed by atoms with Crippen LogP contribution in [0.1, 0.15) is 0 Å². The minimum absolute atomic E-state index is 0.00324. The summed E-state index contributed by atoms with van der Waals surface area (Å²) < 4.78 is 20.5. The quantitative estimate of drug-likeness (QED) is 0.501. The maximum atomic E-state index is 12.4. The van der Waals surface area contributed by atoms with E-state index in [1.165, 1.54) is 14.2 Å². The van der Waals surface area contributed by atoms with Crippen LogP contribution < -0.4 is 20.1 Å². The van der Waals surface area contributed by atoms with Crippen molar-refractivity contribution in [2.24, 2.45) is 0 Å². The lowest BCUT2D eigenvalue weighted by Gasteiger charge is -2.11. The van der Waals surface area contributed by atoms with Gasteiger partial charge in [0.1, 0.15) is 0 Å². The Morgan fingerprint density at radius 2 is 1.73 bits per heavy atom. The van der Waals surface area contributed by atoms with Crippen LogP contribution in [0.3, 0.4) is 0 Å². The summed E-state index contributed by atoms with van der Waals surface area (Å²) in [6.07, 6.45) is 0. The second kappa shape index (κ2) is 9.46. The van der Waals surface area contributed by atoms with Crippen LogP contribution in [-0.2, 0) is 23.9 Å². The minimum atomic E-state index is -0.946. The molecule has 1 amide bonds. The molecule has 0 fully saturated rings. The molecular weight excluding hydrogens is 392 g/mol. The zero-order valence-electron chi connectivity index (χ0n) is 16.4. The maximum absolute atomic E-state index is 12.4. The van der Waals surface area contributed by atoms with Crippen molar-refractivity contribution in [3.8, 4) is 11.5 Å². The van der Waals surface area contributed by atoms with Crippen molar-refractivity contribution in [3.63, 3.8) is 0 Å². The average molecular weight is 412 g/mol. The van der Waals surface area contributed by atoms with Crippen molar-refractivity contribution in [2.75, 3.05) is 38.1 Å². The monoisotopic (exact) mass is 412 g/mol. The molecule has 0 unspecified atom stereocenters.